The Balaban J connectivity index is 1.79. The van der Waals surface area contributed by atoms with Crippen LogP contribution < -0.4 is 5.73 Å². The molecule has 1 saturated heterocycles. The summed E-state index contributed by atoms with van der Waals surface area (Å²) in [4.78, 5) is 0. The van der Waals surface area contributed by atoms with Gasteiger partial charge in [0.1, 0.15) is 5.94 Å². The van der Waals surface area contributed by atoms with Gasteiger partial charge in [-0.3, -0.25) is 0 Å². The lowest BCUT2D eigenvalue weighted by Gasteiger charge is -2.64. The normalized spacial score (nSPS) is 47.3. The van der Waals surface area contributed by atoms with E-state index in [1.165, 1.54) is 6.42 Å². The van der Waals surface area contributed by atoms with Gasteiger partial charge in [-0.05, 0) is 49.3 Å². The fourth-order valence-corrected chi connectivity index (χ4v) is 4.58. The Morgan fingerprint density at radius 2 is 2.05 bits per heavy atom. The molecule has 4 fully saturated rings. The van der Waals surface area contributed by atoms with Gasteiger partial charge in [-0.15, -0.1) is 0 Å². The second-order valence-electron chi connectivity index (χ2n) is 7.76. The molecule has 0 aromatic heterocycles. The van der Waals surface area contributed by atoms with Crippen LogP contribution >= 0.6 is 0 Å². The van der Waals surface area contributed by atoms with Crippen LogP contribution in [0.1, 0.15) is 56.6 Å². The molecule has 4 aliphatic rings. The maximum atomic E-state index is 8.26. The van der Waals surface area contributed by atoms with Gasteiger partial charge in [0.25, 0.3) is 0 Å². The first-order valence-corrected chi connectivity index (χ1v) is 7.67. The van der Waals surface area contributed by atoms with Crippen molar-refractivity contribution in [2.45, 2.75) is 71.5 Å². The molecule has 0 aromatic rings. The highest BCUT2D eigenvalue weighted by molar-refractivity contribution is 6.46. The van der Waals surface area contributed by atoms with Gasteiger partial charge >= 0.3 is 7.12 Å². The third-order valence-corrected chi connectivity index (χ3v) is 5.84. The van der Waals surface area contributed by atoms with Crippen molar-refractivity contribution in [1.29, 1.82) is 0 Å². The van der Waals surface area contributed by atoms with Crippen LogP contribution in [0.25, 0.3) is 0 Å². The molecular weight excluding hydrogens is 237 g/mol. The van der Waals surface area contributed by atoms with Crippen LogP contribution in [-0.2, 0) is 9.31 Å². The predicted molar refractivity (Wildman–Crippen MR) is 76.2 cm³/mol. The monoisotopic (exact) mass is 268 g/mol. The molecule has 0 aromatic carbocycles. The molecule has 1 aliphatic heterocycles. The topological polar surface area (TPSA) is 46.1 Å². The second kappa shape index (κ2) is 4.22. The fourth-order valence-electron chi connectivity index (χ4n) is 4.58. The first-order valence-electron chi connectivity index (χ1n) is 8.67. The van der Waals surface area contributed by atoms with Gasteiger partial charge in [0.2, 0.25) is 0 Å². The third-order valence-electron chi connectivity index (χ3n) is 5.84. The Hall–Kier alpha value is -0.0551. The molecule has 4 heteroatoms. The minimum atomic E-state index is -1.38. The van der Waals surface area contributed by atoms with E-state index in [-0.39, 0.29) is 17.6 Å². The molecule has 0 unspecified atom stereocenters. The molecule has 3 N–H and O–H groups in total. The summed E-state index contributed by atoms with van der Waals surface area (Å²) in [5, 5.41) is 0. The fraction of sp³-hybridized carbons (Fsp3) is 1.00. The van der Waals surface area contributed by atoms with E-state index in [4.69, 9.17) is 12.1 Å². The Bertz CT molecular complexity index is 445. The highest BCUT2D eigenvalue weighted by Gasteiger charge is 2.68. The van der Waals surface area contributed by atoms with Crippen LogP contribution in [0.3, 0.4) is 0 Å². The summed E-state index contributed by atoms with van der Waals surface area (Å²) in [7, 11) is -0.521. The van der Waals surface area contributed by atoms with Gasteiger partial charge in [0.15, 0.2) is 0 Å². The standard InChI is InChI=1S/C15H28BNO2/c1-9(2)6-13(17)16-18-12-8-10-7-11(14(10,3)4)15(12,5)19-16/h9-13H,6-8,17H2,1-5H3/p+1/t10-,11-,12+,13-,15-/m0/s1/i6D2. The maximum Gasteiger partial charge on any atom is 0.521 e. The van der Waals surface area contributed by atoms with Crippen LogP contribution in [0.5, 0.6) is 0 Å². The molecule has 3 aliphatic carbocycles. The lowest BCUT2D eigenvalue weighted by molar-refractivity contribution is -0.400. The molecule has 2 bridgehead atoms. The molecule has 0 spiro atoms. The Morgan fingerprint density at radius 3 is 2.63 bits per heavy atom. The summed E-state index contributed by atoms with van der Waals surface area (Å²) in [5.41, 5.74) is 4.10. The van der Waals surface area contributed by atoms with Crippen molar-refractivity contribution >= 4 is 7.12 Å². The summed E-state index contributed by atoms with van der Waals surface area (Å²) in [5.74, 6) is 0.622. The van der Waals surface area contributed by atoms with Crippen molar-refractivity contribution in [2.24, 2.45) is 23.2 Å². The van der Waals surface area contributed by atoms with Gasteiger partial charge in [-0.2, -0.15) is 0 Å². The molecule has 3 saturated carbocycles. The first kappa shape index (κ1) is 11.6. The molecule has 4 rings (SSSR count). The summed E-state index contributed by atoms with van der Waals surface area (Å²) < 4.78 is 29.0. The molecule has 5 atom stereocenters. The average molecular weight is 268 g/mol. The van der Waals surface area contributed by atoms with E-state index < -0.39 is 19.4 Å². The lowest BCUT2D eigenvalue weighted by atomic mass is 9.43. The minimum absolute atomic E-state index is 0.103. The zero-order chi connectivity index (χ0) is 15.8. The van der Waals surface area contributed by atoms with Gasteiger partial charge in [0, 0.05) is 2.74 Å². The van der Waals surface area contributed by atoms with Gasteiger partial charge in [0.05, 0.1) is 11.7 Å². The predicted octanol–water partition coefficient (Wildman–Crippen LogP) is 1.91. The van der Waals surface area contributed by atoms with E-state index in [1.807, 2.05) is 13.8 Å². The number of hydrogen-bond acceptors (Lipinski definition) is 2. The second-order valence-corrected chi connectivity index (χ2v) is 7.76. The lowest BCUT2D eigenvalue weighted by Crippen LogP contribution is -2.69. The number of quaternary nitrogens is 1. The smallest absolute Gasteiger partial charge is 0.401 e. The zero-order valence-corrected chi connectivity index (χ0v) is 12.9. The molecule has 108 valence electrons. The number of hydrogen-bond donors (Lipinski definition) is 1. The molecule has 19 heavy (non-hydrogen) atoms. The molecule has 0 radical (unpaired) electrons. The van der Waals surface area contributed by atoms with Gasteiger partial charge < -0.3 is 15.0 Å². The van der Waals surface area contributed by atoms with Crippen molar-refractivity contribution in [1.82, 2.24) is 0 Å². The van der Waals surface area contributed by atoms with E-state index in [1.54, 1.807) is 0 Å². The van der Waals surface area contributed by atoms with E-state index in [2.05, 4.69) is 26.5 Å². The largest absolute Gasteiger partial charge is 0.521 e. The Labute approximate surface area is 120 Å². The summed E-state index contributed by atoms with van der Waals surface area (Å²) in [6, 6.07) is 0. The van der Waals surface area contributed by atoms with Crippen molar-refractivity contribution in [3.63, 3.8) is 0 Å². The molecular formula is C15H29BNO2+. The zero-order valence-electron chi connectivity index (χ0n) is 14.9. The molecule has 3 nitrogen and oxygen atoms in total. The van der Waals surface area contributed by atoms with Crippen LogP contribution in [0, 0.1) is 23.2 Å². The van der Waals surface area contributed by atoms with Crippen molar-refractivity contribution in [2.75, 3.05) is 0 Å². The average Bonchev–Trinajstić information content (AvgIpc) is 2.73. The van der Waals surface area contributed by atoms with Crippen molar-refractivity contribution in [3.05, 3.63) is 0 Å². The van der Waals surface area contributed by atoms with E-state index in [0.717, 1.165) is 6.42 Å². The quantitative estimate of drug-likeness (QED) is 0.795. The Kier molecular flexibility index (Phi) is 2.57. The Morgan fingerprint density at radius 1 is 1.37 bits per heavy atom. The van der Waals surface area contributed by atoms with Crippen LogP contribution in [0.4, 0.5) is 0 Å². The van der Waals surface area contributed by atoms with Crippen LogP contribution in [-0.4, -0.2) is 24.8 Å². The minimum Gasteiger partial charge on any atom is -0.401 e. The highest BCUT2D eigenvalue weighted by atomic mass is 16.7. The number of rotatable bonds is 3. The summed E-state index contributed by atoms with van der Waals surface area (Å²) >= 11 is 0. The first-order chi connectivity index (χ1) is 9.51. The van der Waals surface area contributed by atoms with E-state index in [0.29, 0.717) is 17.3 Å². The summed E-state index contributed by atoms with van der Waals surface area (Å²) in [6.45, 7) is 10.6. The van der Waals surface area contributed by atoms with E-state index >= 15 is 0 Å². The van der Waals surface area contributed by atoms with E-state index in [9.17, 15) is 0 Å². The third kappa shape index (κ3) is 1.90. The van der Waals surface area contributed by atoms with Crippen LogP contribution in [0.15, 0.2) is 0 Å². The molecule has 0 amide bonds. The SMILES string of the molecule is [2H]C([2H])(C(C)C)[C@H]([NH3+])B1O[C@@H]2C[C@@H]3C[C@@H](C3(C)C)[C@]2(C)O1. The van der Waals surface area contributed by atoms with Gasteiger partial charge in [-0.1, -0.05) is 27.7 Å². The van der Waals surface area contributed by atoms with Crippen molar-refractivity contribution in [3.8, 4) is 0 Å². The van der Waals surface area contributed by atoms with Crippen LogP contribution in [0.2, 0.25) is 0 Å². The van der Waals surface area contributed by atoms with Crippen molar-refractivity contribution < 1.29 is 17.8 Å². The van der Waals surface area contributed by atoms with Gasteiger partial charge in [-0.25, -0.2) is 0 Å². The maximum absolute atomic E-state index is 8.26. The summed E-state index contributed by atoms with van der Waals surface area (Å²) in [6.07, 6.45) is 0.974. The molecule has 1 heterocycles. The highest BCUT2D eigenvalue weighted by Crippen LogP contribution is 2.65.